The number of benzene rings is 2. The average molecular weight is 307 g/mol. The topological polar surface area (TPSA) is 56.9 Å². The van der Waals surface area contributed by atoms with Crippen LogP contribution in [-0.4, -0.2) is 17.6 Å². The van der Waals surface area contributed by atoms with Crippen molar-refractivity contribution in [2.75, 3.05) is 6.54 Å². The molecule has 2 aromatic carbocycles. The van der Waals surface area contributed by atoms with Gasteiger partial charge in [0, 0.05) is 30.2 Å². The lowest BCUT2D eigenvalue weighted by Gasteiger charge is -2.08. The van der Waals surface area contributed by atoms with Crippen LogP contribution < -0.4 is 10.6 Å². The zero-order valence-electron chi connectivity index (χ0n) is 13.2. The van der Waals surface area contributed by atoms with E-state index in [4.69, 9.17) is 0 Å². The van der Waals surface area contributed by atoms with Gasteiger partial charge in [-0.15, -0.1) is 0 Å². The van der Waals surface area contributed by atoms with Gasteiger partial charge < -0.3 is 15.6 Å². The maximum atomic E-state index is 11.9. The first-order valence-corrected chi connectivity index (χ1v) is 7.84. The van der Waals surface area contributed by atoms with Crippen LogP contribution in [0.4, 0.5) is 4.79 Å². The molecule has 3 aromatic rings. The number of aromatic amines is 1. The predicted octanol–water partition coefficient (Wildman–Crippen LogP) is 3.52. The van der Waals surface area contributed by atoms with E-state index in [1.165, 1.54) is 16.5 Å². The molecule has 0 bridgehead atoms. The molecule has 0 radical (unpaired) electrons. The third kappa shape index (κ3) is 3.92. The van der Waals surface area contributed by atoms with Crippen molar-refractivity contribution < 1.29 is 4.79 Å². The minimum atomic E-state index is -0.133. The number of urea groups is 1. The van der Waals surface area contributed by atoms with Gasteiger partial charge in [-0.25, -0.2) is 4.79 Å². The van der Waals surface area contributed by atoms with Gasteiger partial charge in [0.1, 0.15) is 0 Å². The Labute approximate surface area is 135 Å². The van der Waals surface area contributed by atoms with Gasteiger partial charge in [-0.05, 0) is 30.5 Å². The van der Waals surface area contributed by atoms with Crippen LogP contribution in [0.1, 0.15) is 16.7 Å². The molecule has 0 aliphatic carbocycles. The van der Waals surface area contributed by atoms with Crippen LogP contribution in [0.15, 0.2) is 54.7 Å². The highest BCUT2D eigenvalue weighted by Gasteiger charge is 2.04. The summed E-state index contributed by atoms with van der Waals surface area (Å²) in [5.74, 6) is 0. The Hall–Kier alpha value is -2.75. The third-order valence-electron chi connectivity index (χ3n) is 3.89. The molecule has 0 saturated heterocycles. The number of carbonyl (C=O) groups is 1. The lowest BCUT2D eigenvalue weighted by molar-refractivity contribution is 0.240. The van der Waals surface area contributed by atoms with Crippen molar-refractivity contribution >= 4 is 16.9 Å². The number of hydrogen-bond donors (Lipinski definition) is 3. The maximum Gasteiger partial charge on any atom is 0.315 e. The van der Waals surface area contributed by atoms with Crippen LogP contribution in [0, 0.1) is 6.92 Å². The lowest BCUT2D eigenvalue weighted by Crippen LogP contribution is -2.36. The Kier molecular flexibility index (Phi) is 4.62. The minimum Gasteiger partial charge on any atom is -0.361 e. The number of aromatic nitrogens is 1. The molecule has 118 valence electrons. The molecule has 0 aliphatic heterocycles. The Morgan fingerprint density at radius 1 is 1.09 bits per heavy atom. The molecule has 3 N–H and O–H groups in total. The fourth-order valence-corrected chi connectivity index (χ4v) is 2.72. The van der Waals surface area contributed by atoms with Crippen LogP contribution in [0.5, 0.6) is 0 Å². The zero-order chi connectivity index (χ0) is 16.1. The summed E-state index contributed by atoms with van der Waals surface area (Å²) >= 11 is 0. The second kappa shape index (κ2) is 7.01. The van der Waals surface area contributed by atoms with E-state index < -0.39 is 0 Å². The summed E-state index contributed by atoms with van der Waals surface area (Å²) < 4.78 is 0. The Bertz CT molecular complexity index is 807. The van der Waals surface area contributed by atoms with Crippen molar-refractivity contribution in [2.45, 2.75) is 19.9 Å². The highest BCUT2D eigenvalue weighted by atomic mass is 16.2. The average Bonchev–Trinajstić information content (AvgIpc) is 2.97. The van der Waals surface area contributed by atoms with Crippen molar-refractivity contribution in [3.63, 3.8) is 0 Å². The normalized spacial score (nSPS) is 10.7. The number of aryl methyl sites for hydroxylation is 1. The Morgan fingerprint density at radius 3 is 2.83 bits per heavy atom. The first kappa shape index (κ1) is 15.2. The molecule has 2 amide bonds. The van der Waals surface area contributed by atoms with Gasteiger partial charge in [-0.2, -0.15) is 0 Å². The van der Waals surface area contributed by atoms with Crippen LogP contribution in [0.2, 0.25) is 0 Å². The molecule has 0 atom stereocenters. The number of carbonyl (C=O) groups excluding carboxylic acids is 1. The van der Waals surface area contributed by atoms with E-state index in [1.54, 1.807) is 0 Å². The van der Waals surface area contributed by atoms with Crippen LogP contribution in [0.25, 0.3) is 10.9 Å². The third-order valence-corrected chi connectivity index (χ3v) is 3.89. The first-order valence-electron chi connectivity index (χ1n) is 7.84. The van der Waals surface area contributed by atoms with Gasteiger partial charge in [0.05, 0.1) is 0 Å². The molecule has 1 heterocycles. The highest BCUT2D eigenvalue weighted by molar-refractivity contribution is 5.83. The molecule has 0 fully saturated rings. The molecule has 23 heavy (non-hydrogen) atoms. The van der Waals surface area contributed by atoms with E-state index in [1.807, 2.05) is 43.5 Å². The fraction of sp³-hybridized carbons (Fsp3) is 0.211. The molecule has 4 heteroatoms. The quantitative estimate of drug-likeness (QED) is 0.663. The summed E-state index contributed by atoms with van der Waals surface area (Å²) in [4.78, 5) is 15.1. The molecular formula is C19H21N3O. The summed E-state index contributed by atoms with van der Waals surface area (Å²) in [5.41, 5.74) is 4.66. The van der Waals surface area contributed by atoms with Crippen molar-refractivity contribution in [3.05, 3.63) is 71.4 Å². The van der Waals surface area contributed by atoms with Crippen molar-refractivity contribution in [1.29, 1.82) is 0 Å². The molecule has 0 saturated carbocycles. The van der Waals surface area contributed by atoms with Gasteiger partial charge in [0.2, 0.25) is 0 Å². The second-order valence-corrected chi connectivity index (χ2v) is 5.71. The summed E-state index contributed by atoms with van der Waals surface area (Å²) in [5, 5.41) is 7.01. The number of nitrogens with one attached hydrogen (secondary N) is 3. The standard InChI is InChI=1S/C19H21N3O/c1-14-5-4-6-15(11-14)12-22-19(23)20-10-9-16-13-21-18-8-3-2-7-17(16)18/h2-8,11,13,21H,9-10,12H2,1H3,(H2,20,22,23). The fourth-order valence-electron chi connectivity index (χ4n) is 2.72. The van der Waals surface area contributed by atoms with Gasteiger partial charge >= 0.3 is 6.03 Å². The number of amides is 2. The van der Waals surface area contributed by atoms with E-state index in [0.717, 1.165) is 17.5 Å². The number of rotatable bonds is 5. The Balaban J connectivity index is 1.46. The van der Waals surface area contributed by atoms with E-state index in [0.29, 0.717) is 13.1 Å². The van der Waals surface area contributed by atoms with E-state index in [9.17, 15) is 4.79 Å². The number of para-hydroxylation sites is 1. The summed E-state index contributed by atoms with van der Waals surface area (Å²) in [6, 6.07) is 16.2. The van der Waals surface area contributed by atoms with Crippen LogP contribution in [-0.2, 0) is 13.0 Å². The monoisotopic (exact) mass is 307 g/mol. The summed E-state index contributed by atoms with van der Waals surface area (Å²) in [6.45, 7) is 3.20. The van der Waals surface area contributed by atoms with Crippen LogP contribution >= 0.6 is 0 Å². The SMILES string of the molecule is Cc1cccc(CNC(=O)NCCc2c[nH]c3ccccc23)c1. The number of H-pyrrole nitrogens is 1. The minimum absolute atomic E-state index is 0.133. The van der Waals surface area contributed by atoms with E-state index in [-0.39, 0.29) is 6.03 Å². The predicted molar refractivity (Wildman–Crippen MR) is 93.4 cm³/mol. The smallest absolute Gasteiger partial charge is 0.315 e. The molecule has 4 nitrogen and oxygen atoms in total. The first-order chi connectivity index (χ1) is 11.2. The number of hydrogen-bond acceptors (Lipinski definition) is 1. The summed E-state index contributed by atoms with van der Waals surface area (Å²) in [7, 11) is 0. The van der Waals surface area contributed by atoms with Gasteiger partial charge in [-0.3, -0.25) is 0 Å². The molecule has 3 rings (SSSR count). The van der Waals surface area contributed by atoms with Gasteiger partial charge in [-0.1, -0.05) is 48.0 Å². The largest absolute Gasteiger partial charge is 0.361 e. The maximum absolute atomic E-state index is 11.9. The molecule has 0 unspecified atom stereocenters. The van der Waals surface area contributed by atoms with Gasteiger partial charge in [0.25, 0.3) is 0 Å². The van der Waals surface area contributed by atoms with Crippen molar-refractivity contribution in [2.24, 2.45) is 0 Å². The molecule has 0 spiro atoms. The lowest BCUT2D eigenvalue weighted by atomic mass is 10.1. The van der Waals surface area contributed by atoms with Crippen LogP contribution in [0.3, 0.4) is 0 Å². The van der Waals surface area contributed by atoms with Gasteiger partial charge in [0.15, 0.2) is 0 Å². The van der Waals surface area contributed by atoms with E-state index >= 15 is 0 Å². The number of fused-ring (bicyclic) bond motifs is 1. The molecule has 1 aromatic heterocycles. The summed E-state index contributed by atoms with van der Waals surface area (Å²) in [6.07, 6.45) is 2.82. The zero-order valence-corrected chi connectivity index (χ0v) is 13.2. The second-order valence-electron chi connectivity index (χ2n) is 5.71. The van der Waals surface area contributed by atoms with E-state index in [2.05, 4.69) is 33.8 Å². The molecule has 0 aliphatic rings. The Morgan fingerprint density at radius 2 is 1.96 bits per heavy atom. The van der Waals surface area contributed by atoms with Crippen molar-refractivity contribution in [1.82, 2.24) is 15.6 Å². The highest BCUT2D eigenvalue weighted by Crippen LogP contribution is 2.17. The molecular weight excluding hydrogens is 286 g/mol. The van der Waals surface area contributed by atoms with Crippen molar-refractivity contribution in [3.8, 4) is 0 Å².